The third-order valence-corrected chi connectivity index (χ3v) is 4.84. The molecule has 5 heteroatoms. The van der Waals surface area contributed by atoms with Crippen molar-refractivity contribution in [2.75, 3.05) is 20.2 Å². The number of carbonyl (C=O) groups is 2. The molecule has 0 unspecified atom stereocenters. The van der Waals surface area contributed by atoms with Crippen molar-refractivity contribution >= 4 is 12.1 Å². The molecular formula is C17H27NO4. The van der Waals surface area contributed by atoms with Crippen LogP contribution in [0.15, 0.2) is 11.6 Å². The highest BCUT2D eigenvalue weighted by Gasteiger charge is 2.61. The van der Waals surface area contributed by atoms with Gasteiger partial charge in [0, 0.05) is 25.9 Å². The van der Waals surface area contributed by atoms with Crippen LogP contribution in [0.3, 0.4) is 0 Å². The molecule has 2 fully saturated rings. The van der Waals surface area contributed by atoms with Crippen LogP contribution in [0, 0.1) is 17.3 Å². The maximum Gasteiger partial charge on any atom is 0.409 e. The van der Waals surface area contributed by atoms with Gasteiger partial charge in [0.05, 0.1) is 13.0 Å². The molecule has 0 aromatic carbocycles. The topological polar surface area (TPSA) is 55.8 Å². The van der Waals surface area contributed by atoms with Gasteiger partial charge in [0.15, 0.2) is 0 Å². The van der Waals surface area contributed by atoms with E-state index in [9.17, 15) is 9.59 Å². The summed E-state index contributed by atoms with van der Waals surface area (Å²) in [4.78, 5) is 25.5. The molecule has 0 radical (unpaired) electrons. The van der Waals surface area contributed by atoms with Crippen LogP contribution in [0.5, 0.6) is 0 Å². The first kappa shape index (κ1) is 16.8. The zero-order valence-corrected chi connectivity index (χ0v) is 14.2. The summed E-state index contributed by atoms with van der Waals surface area (Å²) in [5.74, 6) is 0.144. The van der Waals surface area contributed by atoms with Crippen LogP contribution in [-0.4, -0.2) is 43.3 Å². The maximum atomic E-state index is 12.4. The molecule has 1 amide bonds. The van der Waals surface area contributed by atoms with Crippen LogP contribution in [0.4, 0.5) is 4.79 Å². The number of nitrogens with zero attached hydrogens (tertiary/aromatic N) is 1. The number of piperidine rings is 1. The monoisotopic (exact) mass is 309 g/mol. The number of ether oxygens (including phenoxy) is 2. The van der Waals surface area contributed by atoms with E-state index in [1.807, 2.05) is 0 Å². The first-order chi connectivity index (χ1) is 10.3. The van der Waals surface area contributed by atoms with E-state index in [4.69, 9.17) is 9.47 Å². The van der Waals surface area contributed by atoms with Gasteiger partial charge in [-0.1, -0.05) is 25.5 Å². The highest BCUT2D eigenvalue weighted by molar-refractivity contribution is 5.78. The molecule has 0 bridgehead atoms. The van der Waals surface area contributed by atoms with E-state index in [-0.39, 0.29) is 35.4 Å². The average molecular weight is 309 g/mol. The quantitative estimate of drug-likeness (QED) is 0.594. The minimum absolute atomic E-state index is 0.0128. The first-order valence-electron chi connectivity index (χ1n) is 7.95. The van der Waals surface area contributed by atoms with Gasteiger partial charge in [-0.05, 0) is 25.2 Å². The second kappa shape index (κ2) is 6.31. The van der Waals surface area contributed by atoms with Gasteiger partial charge in [0.2, 0.25) is 0 Å². The van der Waals surface area contributed by atoms with Gasteiger partial charge in [-0.3, -0.25) is 4.79 Å². The Labute approximate surface area is 132 Å². The largest absolute Gasteiger partial charge is 0.462 e. The van der Waals surface area contributed by atoms with Crippen molar-refractivity contribution < 1.29 is 19.1 Å². The predicted octanol–water partition coefficient (Wildman–Crippen LogP) is 3.00. The smallest absolute Gasteiger partial charge is 0.409 e. The molecule has 1 aliphatic carbocycles. The Morgan fingerprint density at radius 1 is 1.18 bits per heavy atom. The Bertz CT molecular complexity index is 471. The Kier molecular flexibility index (Phi) is 4.83. The number of rotatable bonds is 3. The summed E-state index contributed by atoms with van der Waals surface area (Å²) in [6.45, 7) is 9.50. The minimum atomic E-state index is -0.309. The van der Waals surface area contributed by atoms with Gasteiger partial charge < -0.3 is 14.4 Å². The normalized spacial score (nSPS) is 27.0. The summed E-state index contributed by atoms with van der Waals surface area (Å²) < 4.78 is 10.4. The van der Waals surface area contributed by atoms with Crippen LogP contribution in [0.1, 0.15) is 40.5 Å². The molecule has 2 aliphatic rings. The Morgan fingerprint density at radius 2 is 1.77 bits per heavy atom. The van der Waals surface area contributed by atoms with Crippen LogP contribution in [-0.2, 0) is 14.3 Å². The molecular weight excluding hydrogens is 282 g/mol. The molecule has 2 atom stereocenters. The zero-order chi connectivity index (χ0) is 16.5. The molecule has 1 saturated carbocycles. The summed E-state index contributed by atoms with van der Waals surface area (Å²) in [6.07, 6.45) is 3.14. The molecule has 0 aromatic heterocycles. The average Bonchev–Trinajstić information content (AvgIpc) is 2.99. The van der Waals surface area contributed by atoms with Crippen molar-refractivity contribution in [1.82, 2.24) is 4.90 Å². The van der Waals surface area contributed by atoms with Crippen LogP contribution < -0.4 is 0 Å². The lowest BCUT2D eigenvalue weighted by Gasteiger charge is -2.30. The van der Waals surface area contributed by atoms with E-state index < -0.39 is 0 Å². The van der Waals surface area contributed by atoms with Crippen molar-refractivity contribution in [2.24, 2.45) is 17.3 Å². The molecule has 5 nitrogen and oxygen atoms in total. The fourth-order valence-electron chi connectivity index (χ4n) is 3.32. The Balaban J connectivity index is 1.84. The van der Waals surface area contributed by atoms with Crippen molar-refractivity contribution in [1.29, 1.82) is 0 Å². The molecule has 0 aromatic rings. The second-order valence-electron chi connectivity index (χ2n) is 7.16. The Hall–Kier alpha value is -1.52. The number of allylic oxidation sites excluding steroid dienone is 2. The van der Waals surface area contributed by atoms with E-state index in [1.54, 1.807) is 4.90 Å². The summed E-state index contributed by atoms with van der Waals surface area (Å²) in [6, 6.07) is 0. The number of methoxy groups -OCH3 is 1. The molecule has 1 saturated heterocycles. The van der Waals surface area contributed by atoms with Gasteiger partial charge in [-0.2, -0.15) is 0 Å². The van der Waals surface area contributed by atoms with E-state index in [2.05, 4.69) is 33.8 Å². The van der Waals surface area contributed by atoms with Gasteiger partial charge in [-0.15, -0.1) is 0 Å². The SMILES string of the molecule is COC(=O)N1CCC(OC(=O)[C@@H]2[C@@H](C=C(C)C)C2(C)C)CC1. The lowest BCUT2D eigenvalue weighted by molar-refractivity contribution is -0.153. The van der Waals surface area contributed by atoms with Crippen molar-refractivity contribution in [3.05, 3.63) is 11.6 Å². The van der Waals surface area contributed by atoms with Gasteiger partial charge in [0.1, 0.15) is 6.10 Å². The molecule has 0 N–H and O–H groups in total. The predicted molar refractivity (Wildman–Crippen MR) is 83.3 cm³/mol. The lowest BCUT2D eigenvalue weighted by atomic mass is 10.1. The third-order valence-electron chi connectivity index (χ3n) is 4.84. The van der Waals surface area contributed by atoms with Crippen LogP contribution in [0.25, 0.3) is 0 Å². The van der Waals surface area contributed by atoms with Crippen molar-refractivity contribution in [3.8, 4) is 0 Å². The molecule has 0 spiro atoms. The van der Waals surface area contributed by atoms with Crippen LogP contribution >= 0.6 is 0 Å². The second-order valence-corrected chi connectivity index (χ2v) is 7.16. The Morgan fingerprint density at radius 3 is 2.27 bits per heavy atom. The summed E-state index contributed by atoms with van der Waals surface area (Å²) in [5.41, 5.74) is 1.22. The summed E-state index contributed by atoms with van der Waals surface area (Å²) >= 11 is 0. The van der Waals surface area contributed by atoms with E-state index in [0.717, 1.165) is 0 Å². The highest BCUT2D eigenvalue weighted by Crippen LogP contribution is 2.60. The molecule has 124 valence electrons. The van der Waals surface area contributed by atoms with Gasteiger partial charge >= 0.3 is 12.1 Å². The van der Waals surface area contributed by atoms with E-state index in [1.165, 1.54) is 12.7 Å². The zero-order valence-electron chi connectivity index (χ0n) is 14.2. The first-order valence-corrected chi connectivity index (χ1v) is 7.95. The molecule has 1 heterocycles. The maximum absolute atomic E-state index is 12.4. The van der Waals surface area contributed by atoms with E-state index in [0.29, 0.717) is 25.9 Å². The molecule has 22 heavy (non-hydrogen) atoms. The van der Waals surface area contributed by atoms with Crippen molar-refractivity contribution in [2.45, 2.75) is 46.6 Å². The summed E-state index contributed by atoms with van der Waals surface area (Å²) in [7, 11) is 1.38. The molecule has 1 aliphatic heterocycles. The van der Waals surface area contributed by atoms with E-state index >= 15 is 0 Å². The molecule has 2 rings (SSSR count). The number of carbonyl (C=O) groups excluding carboxylic acids is 2. The number of amides is 1. The number of hydrogen-bond acceptors (Lipinski definition) is 4. The standard InChI is InChI=1S/C17H27NO4/c1-11(2)10-13-14(17(13,3)4)15(19)22-12-6-8-18(9-7-12)16(20)21-5/h10,12-14H,6-9H2,1-5H3/t13-,14+/m1/s1. The van der Waals surface area contributed by atoms with Gasteiger partial charge in [0.25, 0.3) is 0 Å². The lowest BCUT2D eigenvalue weighted by Crippen LogP contribution is -2.41. The fraction of sp³-hybridized carbons (Fsp3) is 0.765. The van der Waals surface area contributed by atoms with Gasteiger partial charge in [-0.25, -0.2) is 4.79 Å². The highest BCUT2D eigenvalue weighted by atomic mass is 16.6. The number of esters is 1. The number of likely N-dealkylation sites (tertiary alicyclic amines) is 1. The third kappa shape index (κ3) is 3.45. The van der Waals surface area contributed by atoms with Crippen LogP contribution in [0.2, 0.25) is 0 Å². The van der Waals surface area contributed by atoms with Crippen molar-refractivity contribution in [3.63, 3.8) is 0 Å². The minimum Gasteiger partial charge on any atom is -0.462 e. The summed E-state index contributed by atoms with van der Waals surface area (Å²) in [5, 5.41) is 0. The number of hydrogen-bond donors (Lipinski definition) is 0. The fourth-order valence-corrected chi connectivity index (χ4v) is 3.32.